The second-order valence-corrected chi connectivity index (χ2v) is 5.88. The zero-order valence-electron chi connectivity index (χ0n) is 12.8. The van der Waals surface area contributed by atoms with Crippen molar-refractivity contribution >= 4 is 11.6 Å². The van der Waals surface area contributed by atoms with Gasteiger partial charge in [-0.2, -0.15) is 10.5 Å². The van der Waals surface area contributed by atoms with Crippen molar-refractivity contribution in [1.29, 1.82) is 10.5 Å². The summed E-state index contributed by atoms with van der Waals surface area (Å²) in [5, 5.41) is 21.2. The Hall–Kier alpha value is -3.25. The van der Waals surface area contributed by atoms with E-state index in [1.165, 1.54) is 0 Å². The molecule has 4 rings (SSSR count). The molecule has 6 heteroatoms. The van der Waals surface area contributed by atoms with E-state index >= 15 is 0 Å². The number of nitrogens with one attached hydrogen (secondary N) is 1. The summed E-state index contributed by atoms with van der Waals surface area (Å²) in [5.74, 6) is 0.138. The quantitative estimate of drug-likeness (QED) is 0.742. The summed E-state index contributed by atoms with van der Waals surface area (Å²) >= 11 is 0. The van der Waals surface area contributed by atoms with Gasteiger partial charge in [0.05, 0.1) is 0 Å². The predicted octanol–water partition coefficient (Wildman–Crippen LogP) is 2.97. The fraction of sp³-hybridized carbons (Fsp3) is 0.278. The van der Waals surface area contributed by atoms with Crippen LogP contribution in [0.15, 0.2) is 47.1 Å². The van der Waals surface area contributed by atoms with Crippen molar-refractivity contribution in [2.75, 3.05) is 5.32 Å². The molecule has 118 valence electrons. The molecule has 6 nitrogen and oxygen atoms in total. The molecule has 0 saturated carbocycles. The van der Waals surface area contributed by atoms with Crippen LogP contribution >= 0.6 is 0 Å². The van der Waals surface area contributed by atoms with Crippen LogP contribution in [0.25, 0.3) is 0 Å². The fourth-order valence-corrected chi connectivity index (χ4v) is 3.55. The third-order valence-electron chi connectivity index (χ3n) is 4.61. The highest BCUT2D eigenvalue weighted by Crippen LogP contribution is 2.52. The molecule has 3 aliphatic rings. The van der Waals surface area contributed by atoms with Crippen molar-refractivity contribution in [3.05, 3.63) is 52.7 Å². The maximum absolute atomic E-state index is 12.9. The van der Waals surface area contributed by atoms with Gasteiger partial charge in [0, 0.05) is 23.2 Å². The van der Waals surface area contributed by atoms with Gasteiger partial charge in [0.25, 0.3) is 5.91 Å². The number of carbonyl (C=O) groups excluding carboxylic acids is 1. The lowest BCUT2D eigenvalue weighted by molar-refractivity contribution is -0.142. The first-order valence-corrected chi connectivity index (χ1v) is 7.75. The summed E-state index contributed by atoms with van der Waals surface area (Å²) in [6, 6.07) is 10.9. The van der Waals surface area contributed by atoms with Gasteiger partial charge in [-0.25, -0.2) is 0 Å². The number of nitriles is 2. The maximum atomic E-state index is 12.9. The maximum Gasteiger partial charge on any atom is 0.316 e. The Morgan fingerprint density at radius 3 is 2.71 bits per heavy atom. The first-order valence-electron chi connectivity index (χ1n) is 7.75. The lowest BCUT2D eigenvalue weighted by atomic mass is 9.79. The monoisotopic (exact) mass is 319 g/mol. The van der Waals surface area contributed by atoms with Gasteiger partial charge >= 0.3 is 5.95 Å². The molecule has 1 spiro atoms. The van der Waals surface area contributed by atoms with E-state index in [2.05, 4.69) is 5.32 Å². The van der Waals surface area contributed by atoms with Crippen LogP contribution in [0.4, 0.5) is 5.69 Å². The molecule has 1 aliphatic carbocycles. The number of ether oxygens (including phenoxy) is 2. The van der Waals surface area contributed by atoms with E-state index in [1.807, 2.05) is 24.3 Å². The Labute approximate surface area is 138 Å². The van der Waals surface area contributed by atoms with Crippen LogP contribution in [0.1, 0.15) is 31.2 Å². The van der Waals surface area contributed by atoms with Crippen LogP contribution in [-0.4, -0.2) is 5.91 Å². The minimum absolute atomic E-state index is 0.187. The number of allylic oxidation sites excluding steroid dienone is 2. The van der Waals surface area contributed by atoms with E-state index in [4.69, 9.17) is 20.0 Å². The fourth-order valence-electron chi connectivity index (χ4n) is 3.55. The average Bonchev–Trinajstić information content (AvgIpc) is 2.89. The first-order chi connectivity index (χ1) is 11.7. The number of amides is 1. The molecule has 1 atom stereocenters. The van der Waals surface area contributed by atoms with E-state index in [0.29, 0.717) is 29.9 Å². The number of anilines is 1. The summed E-state index contributed by atoms with van der Waals surface area (Å²) in [6.45, 7) is 0. The molecule has 0 aromatic heterocycles. The molecule has 0 bridgehead atoms. The van der Waals surface area contributed by atoms with Gasteiger partial charge in [0.2, 0.25) is 11.2 Å². The lowest BCUT2D eigenvalue weighted by Gasteiger charge is -2.39. The Morgan fingerprint density at radius 2 is 1.92 bits per heavy atom. The van der Waals surface area contributed by atoms with Crippen molar-refractivity contribution in [1.82, 2.24) is 0 Å². The van der Waals surface area contributed by atoms with Crippen LogP contribution in [0.2, 0.25) is 0 Å². The molecule has 1 N–H and O–H groups in total. The standard InChI is InChI=1S/C18H13N3O3/c19-9-11(10-20)16-23-15-8-4-2-6-13(15)18(24-16)12-5-1-3-7-14(12)21-17(18)22/h1,3,5,7H,2,4,6,8H2,(H,21,22). The molecular weight excluding hydrogens is 306 g/mol. The Kier molecular flexibility index (Phi) is 3.07. The van der Waals surface area contributed by atoms with Crippen LogP contribution in [0.3, 0.4) is 0 Å². The number of fused-ring (bicyclic) bond motifs is 3. The molecule has 1 unspecified atom stereocenters. The number of hydrogen-bond donors (Lipinski definition) is 1. The van der Waals surface area contributed by atoms with Gasteiger partial charge in [-0.15, -0.1) is 0 Å². The van der Waals surface area contributed by atoms with Crippen LogP contribution < -0.4 is 5.32 Å². The molecule has 1 aromatic carbocycles. The van der Waals surface area contributed by atoms with Gasteiger partial charge in [-0.1, -0.05) is 18.2 Å². The molecule has 1 aromatic rings. The number of para-hydroxylation sites is 1. The molecule has 1 amide bonds. The van der Waals surface area contributed by atoms with Crippen molar-refractivity contribution in [3.8, 4) is 12.1 Å². The summed E-state index contributed by atoms with van der Waals surface area (Å²) < 4.78 is 11.6. The zero-order valence-corrected chi connectivity index (χ0v) is 12.8. The van der Waals surface area contributed by atoms with Crippen molar-refractivity contribution in [2.45, 2.75) is 31.3 Å². The molecule has 0 radical (unpaired) electrons. The van der Waals surface area contributed by atoms with Gasteiger partial charge in [-0.3, -0.25) is 4.79 Å². The van der Waals surface area contributed by atoms with E-state index in [-0.39, 0.29) is 17.4 Å². The molecule has 24 heavy (non-hydrogen) atoms. The molecule has 2 aliphatic heterocycles. The summed E-state index contributed by atoms with van der Waals surface area (Å²) in [6.07, 6.45) is 3.20. The van der Waals surface area contributed by atoms with E-state index < -0.39 is 5.60 Å². The summed E-state index contributed by atoms with van der Waals surface area (Å²) in [7, 11) is 0. The van der Waals surface area contributed by atoms with Crippen LogP contribution in [0.5, 0.6) is 0 Å². The summed E-state index contributed by atoms with van der Waals surface area (Å²) in [5.41, 5.74) is 0.537. The minimum atomic E-state index is -1.35. The van der Waals surface area contributed by atoms with Crippen molar-refractivity contribution in [2.24, 2.45) is 0 Å². The van der Waals surface area contributed by atoms with Crippen molar-refractivity contribution < 1.29 is 14.3 Å². The smallest absolute Gasteiger partial charge is 0.316 e. The topological polar surface area (TPSA) is 95.1 Å². The van der Waals surface area contributed by atoms with E-state index in [0.717, 1.165) is 18.4 Å². The molecule has 2 heterocycles. The van der Waals surface area contributed by atoms with E-state index in [9.17, 15) is 4.79 Å². The lowest BCUT2D eigenvalue weighted by Crippen LogP contribution is -2.43. The van der Waals surface area contributed by atoms with Gasteiger partial charge in [0.15, 0.2) is 0 Å². The highest BCUT2D eigenvalue weighted by Gasteiger charge is 2.56. The predicted molar refractivity (Wildman–Crippen MR) is 82.7 cm³/mol. The zero-order chi connectivity index (χ0) is 16.7. The normalized spacial score (nSPS) is 24.1. The minimum Gasteiger partial charge on any atom is -0.437 e. The summed E-state index contributed by atoms with van der Waals surface area (Å²) in [4.78, 5) is 12.9. The Morgan fingerprint density at radius 1 is 1.17 bits per heavy atom. The van der Waals surface area contributed by atoms with Crippen LogP contribution in [0, 0.1) is 22.7 Å². The molecular formula is C18H13N3O3. The molecule has 0 saturated heterocycles. The van der Waals surface area contributed by atoms with Gasteiger partial charge in [-0.05, 0) is 25.3 Å². The average molecular weight is 319 g/mol. The highest BCUT2D eigenvalue weighted by molar-refractivity contribution is 6.07. The number of hydrogen-bond acceptors (Lipinski definition) is 5. The second kappa shape index (κ2) is 5.14. The largest absolute Gasteiger partial charge is 0.437 e. The van der Waals surface area contributed by atoms with Gasteiger partial charge < -0.3 is 14.8 Å². The number of benzene rings is 1. The molecule has 0 fully saturated rings. The first kappa shape index (κ1) is 14.3. The number of carbonyl (C=O) groups is 1. The second-order valence-electron chi connectivity index (χ2n) is 5.88. The highest BCUT2D eigenvalue weighted by atomic mass is 16.7. The SMILES string of the molecule is N#CC(C#N)=C1OC2=C(CCCC2)C2(O1)C(=O)Nc1ccccc12. The Bertz CT molecular complexity index is 885. The number of rotatable bonds is 0. The third kappa shape index (κ3) is 1.77. The third-order valence-corrected chi connectivity index (χ3v) is 4.61. The Balaban J connectivity index is 2.00. The van der Waals surface area contributed by atoms with E-state index in [1.54, 1.807) is 12.1 Å². The van der Waals surface area contributed by atoms with Crippen LogP contribution in [-0.2, 0) is 19.9 Å². The van der Waals surface area contributed by atoms with Crippen molar-refractivity contribution in [3.63, 3.8) is 0 Å². The van der Waals surface area contributed by atoms with Gasteiger partial charge in [0.1, 0.15) is 17.9 Å². The number of nitrogens with zero attached hydrogens (tertiary/aromatic N) is 2.